The van der Waals surface area contributed by atoms with Gasteiger partial charge in [-0.25, -0.2) is 9.97 Å². The molecule has 4 nitrogen and oxygen atoms in total. The molecule has 0 spiro atoms. The van der Waals surface area contributed by atoms with E-state index in [2.05, 4.69) is 9.97 Å². The van der Waals surface area contributed by atoms with E-state index in [0.717, 1.165) is 16.5 Å². The van der Waals surface area contributed by atoms with Gasteiger partial charge in [0.05, 0.1) is 0 Å². The minimum Gasteiger partial charge on any atom is -0.481 e. The van der Waals surface area contributed by atoms with Gasteiger partial charge in [0.2, 0.25) is 0 Å². The number of hydrogen-bond donors (Lipinski definition) is 1. The minimum absolute atomic E-state index is 0.192. The van der Waals surface area contributed by atoms with Crippen LogP contribution in [0.4, 0.5) is 0 Å². The molecule has 0 bridgehead atoms. The van der Waals surface area contributed by atoms with Gasteiger partial charge in [0.1, 0.15) is 0 Å². The summed E-state index contributed by atoms with van der Waals surface area (Å²) < 4.78 is 0. The van der Waals surface area contributed by atoms with E-state index in [4.69, 9.17) is 5.11 Å². The number of aryl methyl sites for hydroxylation is 2. The molecule has 0 unspecified atom stereocenters. The maximum Gasteiger partial charge on any atom is 0.303 e. The summed E-state index contributed by atoms with van der Waals surface area (Å²) in [6.45, 7) is 1.92. The highest BCUT2D eigenvalue weighted by Crippen LogP contribution is 2.12. The Morgan fingerprint density at radius 3 is 2.87 bits per heavy atom. The Kier molecular flexibility index (Phi) is 4.55. The van der Waals surface area contributed by atoms with Crippen molar-refractivity contribution in [2.45, 2.75) is 31.3 Å². The van der Waals surface area contributed by atoms with Gasteiger partial charge < -0.3 is 5.11 Å². The highest BCUT2D eigenvalue weighted by atomic mass is 32.2. The van der Waals surface area contributed by atoms with Crippen LogP contribution in [0.5, 0.6) is 0 Å². The first-order valence-electron chi connectivity index (χ1n) is 4.72. The largest absolute Gasteiger partial charge is 0.481 e. The summed E-state index contributed by atoms with van der Waals surface area (Å²) in [6, 6.07) is 1.90. The van der Waals surface area contributed by atoms with Crippen LogP contribution in [0.3, 0.4) is 0 Å². The molecule has 0 aliphatic carbocycles. The second-order valence-corrected chi connectivity index (χ2v) is 4.01. The van der Waals surface area contributed by atoms with Gasteiger partial charge in [-0.3, -0.25) is 4.79 Å². The summed E-state index contributed by atoms with van der Waals surface area (Å²) in [5.41, 5.74) is 1.85. The number of carboxylic acid groups (broad SMARTS) is 1. The SMILES string of the molecule is CSc1nc(C)cc(CCCC(=O)O)n1. The Morgan fingerprint density at radius 1 is 1.53 bits per heavy atom. The van der Waals surface area contributed by atoms with Crippen molar-refractivity contribution in [2.75, 3.05) is 6.26 Å². The zero-order valence-corrected chi connectivity index (χ0v) is 9.67. The summed E-state index contributed by atoms with van der Waals surface area (Å²) in [6.07, 6.45) is 3.44. The smallest absolute Gasteiger partial charge is 0.303 e. The average Bonchev–Trinajstić information content (AvgIpc) is 2.16. The molecule has 0 radical (unpaired) electrons. The fourth-order valence-electron chi connectivity index (χ4n) is 1.24. The molecule has 15 heavy (non-hydrogen) atoms. The second kappa shape index (κ2) is 5.70. The fraction of sp³-hybridized carbons (Fsp3) is 0.500. The monoisotopic (exact) mass is 226 g/mol. The molecule has 5 heteroatoms. The second-order valence-electron chi connectivity index (χ2n) is 3.23. The van der Waals surface area contributed by atoms with Gasteiger partial charge in [0, 0.05) is 17.8 Å². The topological polar surface area (TPSA) is 63.1 Å². The summed E-state index contributed by atoms with van der Waals surface area (Å²) in [5, 5.41) is 9.26. The third-order valence-corrected chi connectivity index (χ3v) is 2.44. The summed E-state index contributed by atoms with van der Waals surface area (Å²) in [7, 11) is 0. The average molecular weight is 226 g/mol. The van der Waals surface area contributed by atoms with Crippen molar-refractivity contribution in [3.63, 3.8) is 0 Å². The Bertz CT molecular complexity index is 355. The molecule has 1 aromatic heterocycles. The van der Waals surface area contributed by atoms with Crippen LogP contribution >= 0.6 is 11.8 Å². The number of rotatable bonds is 5. The first kappa shape index (κ1) is 12.0. The van der Waals surface area contributed by atoms with E-state index >= 15 is 0 Å². The Morgan fingerprint density at radius 2 is 2.27 bits per heavy atom. The maximum atomic E-state index is 10.3. The van der Waals surface area contributed by atoms with Crippen molar-refractivity contribution >= 4 is 17.7 Å². The molecular formula is C10H14N2O2S. The van der Waals surface area contributed by atoms with Crippen molar-refractivity contribution in [3.8, 4) is 0 Å². The molecule has 0 aliphatic heterocycles. The molecule has 0 aliphatic rings. The molecule has 0 saturated heterocycles. The van der Waals surface area contributed by atoms with Gasteiger partial charge >= 0.3 is 5.97 Å². The molecule has 1 aromatic rings. The number of carbonyl (C=O) groups is 1. The van der Waals surface area contributed by atoms with E-state index in [9.17, 15) is 4.79 Å². The van der Waals surface area contributed by atoms with Crippen molar-refractivity contribution in [3.05, 3.63) is 17.5 Å². The zero-order valence-electron chi connectivity index (χ0n) is 8.86. The Hall–Kier alpha value is -1.10. The van der Waals surface area contributed by atoms with Crippen molar-refractivity contribution in [1.29, 1.82) is 0 Å². The highest BCUT2D eigenvalue weighted by Gasteiger charge is 2.03. The lowest BCUT2D eigenvalue weighted by molar-refractivity contribution is -0.137. The van der Waals surface area contributed by atoms with Gasteiger partial charge in [0.15, 0.2) is 5.16 Å². The van der Waals surface area contributed by atoms with E-state index in [1.54, 1.807) is 0 Å². The maximum absolute atomic E-state index is 10.3. The van der Waals surface area contributed by atoms with Crippen LogP contribution in [0.25, 0.3) is 0 Å². The van der Waals surface area contributed by atoms with Gasteiger partial charge in [0.25, 0.3) is 0 Å². The first-order chi connectivity index (χ1) is 7.11. The van der Waals surface area contributed by atoms with Crippen LogP contribution in [-0.2, 0) is 11.2 Å². The molecule has 1 heterocycles. The minimum atomic E-state index is -0.758. The number of hydrogen-bond acceptors (Lipinski definition) is 4. The van der Waals surface area contributed by atoms with E-state index in [0.29, 0.717) is 12.8 Å². The van der Waals surface area contributed by atoms with E-state index in [-0.39, 0.29) is 6.42 Å². The summed E-state index contributed by atoms with van der Waals surface area (Å²) in [4.78, 5) is 18.9. The third kappa shape index (κ3) is 4.29. The van der Waals surface area contributed by atoms with Gasteiger partial charge in [-0.1, -0.05) is 11.8 Å². The molecule has 82 valence electrons. The number of aliphatic carboxylic acids is 1. The molecule has 0 amide bonds. The fourth-order valence-corrected chi connectivity index (χ4v) is 1.69. The van der Waals surface area contributed by atoms with Crippen LogP contribution in [0.15, 0.2) is 11.2 Å². The molecule has 0 atom stereocenters. The lowest BCUT2D eigenvalue weighted by Crippen LogP contribution is -2.00. The number of carboxylic acids is 1. The number of thioether (sulfide) groups is 1. The standard InChI is InChI=1S/C10H14N2O2S/c1-7-6-8(4-3-5-9(13)14)12-10(11-7)15-2/h6H,3-5H2,1-2H3,(H,13,14). The number of aromatic nitrogens is 2. The molecule has 1 rings (SSSR count). The highest BCUT2D eigenvalue weighted by molar-refractivity contribution is 7.98. The zero-order chi connectivity index (χ0) is 11.3. The van der Waals surface area contributed by atoms with Crippen molar-refractivity contribution in [2.24, 2.45) is 0 Å². The van der Waals surface area contributed by atoms with Crippen molar-refractivity contribution < 1.29 is 9.90 Å². The van der Waals surface area contributed by atoms with Crippen LogP contribution in [0.1, 0.15) is 24.2 Å². The first-order valence-corrected chi connectivity index (χ1v) is 5.94. The molecule has 1 N–H and O–H groups in total. The molecule has 0 fully saturated rings. The van der Waals surface area contributed by atoms with Gasteiger partial charge in [-0.15, -0.1) is 0 Å². The lowest BCUT2D eigenvalue weighted by atomic mass is 10.2. The third-order valence-electron chi connectivity index (χ3n) is 1.89. The molecular weight excluding hydrogens is 212 g/mol. The van der Waals surface area contributed by atoms with Crippen molar-refractivity contribution in [1.82, 2.24) is 9.97 Å². The van der Waals surface area contributed by atoms with E-state index in [1.807, 2.05) is 19.2 Å². The summed E-state index contributed by atoms with van der Waals surface area (Å²) >= 11 is 1.50. The molecule has 0 aromatic carbocycles. The van der Waals surface area contributed by atoms with E-state index < -0.39 is 5.97 Å². The van der Waals surface area contributed by atoms with Crippen LogP contribution in [0, 0.1) is 6.92 Å². The predicted molar refractivity (Wildman–Crippen MR) is 59.1 cm³/mol. The lowest BCUT2D eigenvalue weighted by Gasteiger charge is -2.03. The summed E-state index contributed by atoms with van der Waals surface area (Å²) in [5.74, 6) is -0.758. The van der Waals surface area contributed by atoms with Crippen LogP contribution < -0.4 is 0 Å². The molecule has 0 saturated carbocycles. The van der Waals surface area contributed by atoms with Gasteiger partial charge in [-0.2, -0.15) is 0 Å². The van der Waals surface area contributed by atoms with Gasteiger partial charge in [-0.05, 0) is 32.1 Å². The quantitative estimate of drug-likeness (QED) is 0.614. The van der Waals surface area contributed by atoms with Crippen LogP contribution in [0.2, 0.25) is 0 Å². The normalized spacial score (nSPS) is 10.3. The number of nitrogens with zero attached hydrogens (tertiary/aromatic N) is 2. The van der Waals surface area contributed by atoms with E-state index in [1.165, 1.54) is 11.8 Å². The predicted octanol–water partition coefficient (Wildman–Crippen LogP) is 1.91. The Labute approximate surface area is 93.1 Å². The van der Waals surface area contributed by atoms with Crippen LogP contribution in [-0.4, -0.2) is 27.3 Å². The Balaban J connectivity index is 2.60.